The molecular formula is C17H24N4O. The van der Waals surface area contributed by atoms with Gasteiger partial charge in [-0.25, -0.2) is 4.98 Å². The molecule has 2 heterocycles. The molecule has 22 heavy (non-hydrogen) atoms. The third kappa shape index (κ3) is 4.69. The molecule has 0 atom stereocenters. The van der Waals surface area contributed by atoms with Crippen molar-refractivity contribution in [3.05, 3.63) is 42.0 Å². The standard InChI is InChI=1S/C17H24N4O/c1-5-10-22-15-11-14(20-16(21-15)17(2,3)4)19-12-13-6-8-18-9-7-13/h6-9,11H,5,10,12H2,1-4H3,(H,19,20,21). The highest BCUT2D eigenvalue weighted by Gasteiger charge is 2.19. The minimum atomic E-state index is -0.126. The lowest BCUT2D eigenvalue weighted by Crippen LogP contribution is -2.18. The summed E-state index contributed by atoms with van der Waals surface area (Å²) in [5.41, 5.74) is 1.03. The Morgan fingerprint density at radius 1 is 1.14 bits per heavy atom. The van der Waals surface area contributed by atoms with Gasteiger partial charge in [0.2, 0.25) is 5.88 Å². The van der Waals surface area contributed by atoms with E-state index >= 15 is 0 Å². The van der Waals surface area contributed by atoms with E-state index in [9.17, 15) is 0 Å². The molecule has 2 rings (SSSR count). The Balaban J connectivity index is 2.18. The fraction of sp³-hybridized carbons (Fsp3) is 0.471. The summed E-state index contributed by atoms with van der Waals surface area (Å²) in [5, 5.41) is 3.33. The van der Waals surface area contributed by atoms with Crippen LogP contribution in [0, 0.1) is 0 Å². The molecule has 0 fully saturated rings. The zero-order chi connectivity index (χ0) is 16.0. The van der Waals surface area contributed by atoms with Crippen molar-refractivity contribution in [1.29, 1.82) is 0 Å². The highest BCUT2D eigenvalue weighted by molar-refractivity contribution is 5.40. The molecule has 0 spiro atoms. The summed E-state index contributed by atoms with van der Waals surface area (Å²) < 4.78 is 5.68. The molecule has 0 aliphatic rings. The van der Waals surface area contributed by atoms with Gasteiger partial charge in [0.15, 0.2) is 0 Å². The van der Waals surface area contributed by atoms with E-state index in [-0.39, 0.29) is 5.41 Å². The first kappa shape index (κ1) is 16.2. The van der Waals surface area contributed by atoms with E-state index in [1.54, 1.807) is 12.4 Å². The number of anilines is 1. The van der Waals surface area contributed by atoms with E-state index in [4.69, 9.17) is 4.74 Å². The molecular weight excluding hydrogens is 276 g/mol. The van der Waals surface area contributed by atoms with Crippen molar-refractivity contribution >= 4 is 5.82 Å². The first-order valence-electron chi connectivity index (χ1n) is 7.64. The van der Waals surface area contributed by atoms with Crippen molar-refractivity contribution in [2.24, 2.45) is 0 Å². The van der Waals surface area contributed by atoms with Crippen molar-refractivity contribution in [2.45, 2.75) is 46.1 Å². The summed E-state index contributed by atoms with van der Waals surface area (Å²) in [6, 6.07) is 5.81. The molecule has 0 aromatic carbocycles. The summed E-state index contributed by atoms with van der Waals surface area (Å²) in [6.07, 6.45) is 4.52. The van der Waals surface area contributed by atoms with Gasteiger partial charge < -0.3 is 10.1 Å². The van der Waals surface area contributed by atoms with Crippen LogP contribution in [0.3, 0.4) is 0 Å². The Morgan fingerprint density at radius 2 is 1.86 bits per heavy atom. The van der Waals surface area contributed by atoms with Gasteiger partial charge in [-0.3, -0.25) is 4.98 Å². The third-order valence-electron chi connectivity index (χ3n) is 3.05. The van der Waals surface area contributed by atoms with E-state index in [0.717, 1.165) is 23.6 Å². The molecule has 0 amide bonds. The van der Waals surface area contributed by atoms with Crippen LogP contribution in [0.2, 0.25) is 0 Å². The molecule has 0 bridgehead atoms. The zero-order valence-corrected chi connectivity index (χ0v) is 13.8. The number of pyridine rings is 1. The van der Waals surface area contributed by atoms with E-state index < -0.39 is 0 Å². The normalized spacial score (nSPS) is 11.3. The van der Waals surface area contributed by atoms with Crippen LogP contribution in [0.25, 0.3) is 0 Å². The number of nitrogens with zero attached hydrogens (tertiary/aromatic N) is 3. The van der Waals surface area contributed by atoms with Gasteiger partial charge in [-0.1, -0.05) is 27.7 Å². The fourth-order valence-corrected chi connectivity index (χ4v) is 1.82. The van der Waals surface area contributed by atoms with E-state index in [1.165, 1.54) is 0 Å². The van der Waals surface area contributed by atoms with Crippen molar-refractivity contribution in [3.8, 4) is 5.88 Å². The van der Waals surface area contributed by atoms with Crippen LogP contribution in [0.1, 0.15) is 45.5 Å². The number of ether oxygens (including phenoxy) is 1. The topological polar surface area (TPSA) is 59.9 Å². The molecule has 0 aliphatic heterocycles. The van der Waals surface area contributed by atoms with Crippen molar-refractivity contribution in [3.63, 3.8) is 0 Å². The second kappa shape index (κ2) is 7.20. The van der Waals surface area contributed by atoms with Crippen molar-refractivity contribution in [1.82, 2.24) is 15.0 Å². The van der Waals surface area contributed by atoms with Gasteiger partial charge in [0.05, 0.1) is 6.61 Å². The molecule has 0 unspecified atom stereocenters. The summed E-state index contributed by atoms with van der Waals surface area (Å²) in [5.74, 6) is 2.18. The van der Waals surface area contributed by atoms with Gasteiger partial charge in [-0.15, -0.1) is 0 Å². The highest BCUT2D eigenvalue weighted by atomic mass is 16.5. The molecule has 0 aliphatic carbocycles. The summed E-state index contributed by atoms with van der Waals surface area (Å²) >= 11 is 0. The molecule has 0 radical (unpaired) electrons. The third-order valence-corrected chi connectivity index (χ3v) is 3.05. The van der Waals surface area contributed by atoms with Crippen LogP contribution in [-0.4, -0.2) is 21.6 Å². The Kier molecular flexibility index (Phi) is 5.31. The second-order valence-corrected chi connectivity index (χ2v) is 6.22. The molecule has 0 saturated carbocycles. The lowest BCUT2D eigenvalue weighted by molar-refractivity contribution is 0.301. The Hall–Kier alpha value is -2.17. The molecule has 0 saturated heterocycles. The monoisotopic (exact) mass is 300 g/mol. The number of aromatic nitrogens is 3. The van der Waals surface area contributed by atoms with E-state index in [1.807, 2.05) is 18.2 Å². The highest BCUT2D eigenvalue weighted by Crippen LogP contribution is 2.23. The van der Waals surface area contributed by atoms with Gasteiger partial charge in [0.25, 0.3) is 0 Å². The zero-order valence-electron chi connectivity index (χ0n) is 13.8. The number of nitrogens with one attached hydrogen (secondary N) is 1. The minimum absolute atomic E-state index is 0.126. The number of hydrogen-bond donors (Lipinski definition) is 1. The Bertz CT molecular complexity index is 593. The minimum Gasteiger partial charge on any atom is -0.478 e. The number of hydrogen-bond acceptors (Lipinski definition) is 5. The van der Waals surface area contributed by atoms with Gasteiger partial charge >= 0.3 is 0 Å². The van der Waals surface area contributed by atoms with Crippen LogP contribution >= 0.6 is 0 Å². The Morgan fingerprint density at radius 3 is 2.50 bits per heavy atom. The maximum Gasteiger partial charge on any atom is 0.218 e. The van der Waals surface area contributed by atoms with E-state index in [0.29, 0.717) is 19.0 Å². The quantitative estimate of drug-likeness (QED) is 0.883. The molecule has 2 aromatic rings. The maximum atomic E-state index is 5.68. The lowest BCUT2D eigenvalue weighted by atomic mass is 9.96. The fourth-order valence-electron chi connectivity index (χ4n) is 1.82. The maximum absolute atomic E-state index is 5.68. The predicted octanol–water partition coefficient (Wildman–Crippen LogP) is 3.57. The number of rotatable bonds is 6. The molecule has 1 N–H and O–H groups in total. The SMILES string of the molecule is CCCOc1cc(NCc2ccncc2)nc(C(C)(C)C)n1. The van der Waals surface area contributed by atoms with Gasteiger partial charge in [0, 0.05) is 30.4 Å². The first-order chi connectivity index (χ1) is 10.5. The molecule has 2 aromatic heterocycles. The van der Waals surface area contributed by atoms with Crippen LogP contribution in [0.5, 0.6) is 5.88 Å². The average molecular weight is 300 g/mol. The van der Waals surface area contributed by atoms with Crippen LogP contribution < -0.4 is 10.1 Å². The molecule has 5 nitrogen and oxygen atoms in total. The smallest absolute Gasteiger partial charge is 0.218 e. The summed E-state index contributed by atoms with van der Waals surface area (Å²) in [7, 11) is 0. The van der Waals surface area contributed by atoms with Gasteiger partial charge in [-0.05, 0) is 24.1 Å². The largest absolute Gasteiger partial charge is 0.478 e. The summed E-state index contributed by atoms with van der Waals surface area (Å²) in [4.78, 5) is 13.1. The predicted molar refractivity (Wildman–Crippen MR) is 88.1 cm³/mol. The van der Waals surface area contributed by atoms with Crippen molar-refractivity contribution in [2.75, 3.05) is 11.9 Å². The van der Waals surface area contributed by atoms with Crippen LogP contribution in [0.4, 0.5) is 5.82 Å². The van der Waals surface area contributed by atoms with Gasteiger partial charge in [-0.2, -0.15) is 4.98 Å². The Labute approximate surface area is 132 Å². The van der Waals surface area contributed by atoms with Crippen LogP contribution in [-0.2, 0) is 12.0 Å². The molecule has 5 heteroatoms. The summed E-state index contributed by atoms with van der Waals surface area (Å²) in [6.45, 7) is 9.71. The van der Waals surface area contributed by atoms with Crippen LogP contribution in [0.15, 0.2) is 30.6 Å². The average Bonchev–Trinajstić information content (AvgIpc) is 2.51. The lowest BCUT2D eigenvalue weighted by Gasteiger charge is -2.19. The second-order valence-electron chi connectivity index (χ2n) is 6.22. The molecule has 118 valence electrons. The van der Waals surface area contributed by atoms with Gasteiger partial charge in [0.1, 0.15) is 11.6 Å². The first-order valence-corrected chi connectivity index (χ1v) is 7.64. The van der Waals surface area contributed by atoms with Crippen molar-refractivity contribution < 1.29 is 4.74 Å². The van der Waals surface area contributed by atoms with E-state index in [2.05, 4.69) is 48.0 Å².